The van der Waals surface area contributed by atoms with Gasteiger partial charge < -0.3 is 27.5 Å². The Morgan fingerprint density at radius 3 is 2.58 bits per heavy atom. The van der Waals surface area contributed by atoms with E-state index in [0.29, 0.717) is 58.8 Å². The molecule has 0 aliphatic rings. The fourth-order valence-corrected chi connectivity index (χ4v) is 4.59. The lowest BCUT2D eigenvalue weighted by molar-refractivity contribution is 0.275. The van der Waals surface area contributed by atoms with Crippen molar-refractivity contribution in [2.45, 2.75) is 46.4 Å². The standard InChI is InChI=1S/C34H33N5O6/c1-4-9-31-36-37-32(45-31)16-14-26-20-39(19-24-10-6-5-7-11-24)38-33(26)43-21-25-13-15-28(30(18-25)40-3)42-22-27-23(2)44-34(35-27)29-12-8-17-41-29/h5-8,10-18,20H,4,9,19,21-22H2,1-3H3/b16-14+. The van der Waals surface area contributed by atoms with Crippen molar-refractivity contribution in [3.63, 3.8) is 0 Å². The molecule has 0 unspecified atom stereocenters. The number of ether oxygens (including phenoxy) is 3. The second-order valence-electron chi connectivity index (χ2n) is 10.3. The Balaban J connectivity index is 1.15. The van der Waals surface area contributed by atoms with E-state index in [9.17, 15) is 0 Å². The summed E-state index contributed by atoms with van der Waals surface area (Å²) in [4.78, 5) is 4.51. The summed E-state index contributed by atoms with van der Waals surface area (Å²) in [5.41, 5.74) is 3.46. The number of furan rings is 1. The first-order chi connectivity index (χ1) is 22.1. The van der Waals surface area contributed by atoms with Crippen LogP contribution in [0.1, 0.15) is 53.3 Å². The fraction of sp³-hybridized carbons (Fsp3) is 0.235. The largest absolute Gasteiger partial charge is 0.493 e. The molecular formula is C34H33N5O6. The van der Waals surface area contributed by atoms with Gasteiger partial charge >= 0.3 is 0 Å². The third-order valence-corrected chi connectivity index (χ3v) is 6.89. The van der Waals surface area contributed by atoms with Crippen molar-refractivity contribution in [2.75, 3.05) is 7.11 Å². The van der Waals surface area contributed by atoms with Gasteiger partial charge in [-0.25, -0.2) is 4.98 Å². The number of oxazole rings is 1. The van der Waals surface area contributed by atoms with Crippen LogP contribution in [0.25, 0.3) is 23.8 Å². The first kappa shape index (κ1) is 29.5. The van der Waals surface area contributed by atoms with Crippen LogP contribution < -0.4 is 14.2 Å². The molecule has 11 heteroatoms. The number of aryl methyl sites for hydroxylation is 2. The minimum atomic E-state index is 0.205. The van der Waals surface area contributed by atoms with Gasteiger partial charge in [0.1, 0.15) is 24.7 Å². The Bertz CT molecular complexity index is 1850. The molecule has 0 spiro atoms. The number of hydrogen-bond donors (Lipinski definition) is 0. The monoisotopic (exact) mass is 607 g/mol. The van der Waals surface area contributed by atoms with Crippen molar-refractivity contribution in [3.8, 4) is 29.0 Å². The van der Waals surface area contributed by atoms with E-state index in [1.807, 2.05) is 60.3 Å². The molecule has 4 heterocycles. The average molecular weight is 608 g/mol. The Morgan fingerprint density at radius 2 is 1.78 bits per heavy atom. The molecule has 11 nitrogen and oxygen atoms in total. The van der Waals surface area contributed by atoms with E-state index in [-0.39, 0.29) is 13.2 Å². The van der Waals surface area contributed by atoms with Gasteiger partial charge in [0.15, 0.2) is 17.3 Å². The lowest BCUT2D eigenvalue weighted by atomic mass is 10.2. The molecule has 2 aromatic carbocycles. The van der Waals surface area contributed by atoms with E-state index in [2.05, 4.69) is 34.2 Å². The third-order valence-electron chi connectivity index (χ3n) is 6.89. The summed E-state index contributed by atoms with van der Waals surface area (Å²) in [7, 11) is 1.60. The van der Waals surface area contributed by atoms with E-state index in [1.165, 1.54) is 0 Å². The Kier molecular flexibility index (Phi) is 9.05. The van der Waals surface area contributed by atoms with E-state index in [1.54, 1.807) is 31.6 Å². The van der Waals surface area contributed by atoms with Gasteiger partial charge in [-0.2, -0.15) is 0 Å². The molecule has 0 fully saturated rings. The smallest absolute Gasteiger partial charge is 0.263 e. The topological polar surface area (TPSA) is 124 Å². The second-order valence-corrected chi connectivity index (χ2v) is 10.3. The van der Waals surface area contributed by atoms with Gasteiger partial charge in [0, 0.05) is 18.7 Å². The predicted molar refractivity (Wildman–Crippen MR) is 166 cm³/mol. The molecule has 0 saturated carbocycles. The Hall–Kier alpha value is -5.58. The number of hydrogen-bond acceptors (Lipinski definition) is 10. The van der Waals surface area contributed by atoms with Gasteiger partial charge in [-0.05, 0) is 54.8 Å². The van der Waals surface area contributed by atoms with E-state index in [0.717, 1.165) is 29.5 Å². The number of methoxy groups -OCH3 is 1. The van der Waals surface area contributed by atoms with E-state index >= 15 is 0 Å². The van der Waals surface area contributed by atoms with Crippen molar-refractivity contribution in [2.24, 2.45) is 0 Å². The van der Waals surface area contributed by atoms with Gasteiger partial charge in [-0.3, -0.25) is 4.68 Å². The highest BCUT2D eigenvalue weighted by atomic mass is 16.5. The van der Waals surface area contributed by atoms with Crippen LogP contribution in [-0.4, -0.2) is 32.1 Å². The molecule has 45 heavy (non-hydrogen) atoms. The first-order valence-electron chi connectivity index (χ1n) is 14.6. The summed E-state index contributed by atoms with van der Waals surface area (Å²) in [6.07, 6.45) is 8.82. The van der Waals surface area contributed by atoms with Gasteiger partial charge in [-0.15, -0.1) is 15.3 Å². The minimum Gasteiger partial charge on any atom is -0.493 e. The quantitative estimate of drug-likeness (QED) is 0.126. The molecule has 6 rings (SSSR count). The van der Waals surface area contributed by atoms with Crippen molar-refractivity contribution in [1.29, 1.82) is 0 Å². The molecule has 0 atom stereocenters. The highest BCUT2D eigenvalue weighted by Gasteiger charge is 2.16. The summed E-state index contributed by atoms with van der Waals surface area (Å²) in [6.45, 7) is 4.97. The summed E-state index contributed by atoms with van der Waals surface area (Å²) >= 11 is 0. The SMILES string of the molecule is CCCc1nnc(/C=C/c2cn(Cc3ccccc3)nc2OCc2ccc(OCc3nc(-c4ccco4)oc3C)c(OC)c2)o1. The molecule has 0 N–H and O–H groups in total. The lowest BCUT2D eigenvalue weighted by Crippen LogP contribution is -2.03. The van der Waals surface area contributed by atoms with Crippen LogP contribution in [0.5, 0.6) is 17.4 Å². The number of rotatable bonds is 14. The van der Waals surface area contributed by atoms with Crippen LogP contribution in [0.15, 0.2) is 86.4 Å². The van der Waals surface area contributed by atoms with Crippen LogP contribution in [0, 0.1) is 6.92 Å². The molecular weight excluding hydrogens is 574 g/mol. The molecule has 0 saturated heterocycles. The molecule has 0 amide bonds. The highest BCUT2D eigenvalue weighted by molar-refractivity contribution is 5.68. The van der Waals surface area contributed by atoms with Crippen LogP contribution >= 0.6 is 0 Å². The molecule has 0 bridgehead atoms. The normalized spacial score (nSPS) is 11.4. The van der Waals surface area contributed by atoms with Gasteiger partial charge in [0.2, 0.25) is 17.7 Å². The molecule has 4 aromatic heterocycles. The predicted octanol–water partition coefficient (Wildman–Crippen LogP) is 7.16. The Labute approximate surface area is 260 Å². The van der Waals surface area contributed by atoms with E-state index < -0.39 is 0 Å². The number of aromatic nitrogens is 5. The van der Waals surface area contributed by atoms with Crippen LogP contribution in [-0.2, 0) is 26.2 Å². The van der Waals surface area contributed by atoms with Crippen molar-refractivity contribution >= 4 is 12.2 Å². The van der Waals surface area contributed by atoms with Crippen LogP contribution in [0.3, 0.4) is 0 Å². The highest BCUT2D eigenvalue weighted by Crippen LogP contribution is 2.31. The summed E-state index contributed by atoms with van der Waals surface area (Å²) < 4.78 is 36.6. The van der Waals surface area contributed by atoms with Gasteiger partial charge in [0.25, 0.3) is 5.89 Å². The molecule has 0 radical (unpaired) electrons. The summed E-state index contributed by atoms with van der Waals surface area (Å²) in [6, 6.07) is 19.3. The average Bonchev–Trinajstić information content (AvgIpc) is 3.87. The summed E-state index contributed by atoms with van der Waals surface area (Å²) in [5.74, 6) is 4.28. The fourth-order valence-electron chi connectivity index (χ4n) is 4.59. The van der Waals surface area contributed by atoms with Gasteiger partial charge in [-0.1, -0.05) is 43.3 Å². The van der Waals surface area contributed by atoms with Crippen LogP contribution in [0.2, 0.25) is 0 Å². The van der Waals surface area contributed by atoms with Crippen molar-refractivity contribution in [3.05, 3.63) is 113 Å². The maximum absolute atomic E-state index is 6.22. The minimum absolute atomic E-state index is 0.205. The molecule has 0 aliphatic carbocycles. The maximum atomic E-state index is 6.22. The van der Waals surface area contributed by atoms with Crippen molar-refractivity contribution < 1.29 is 27.5 Å². The zero-order valence-electron chi connectivity index (χ0n) is 25.3. The zero-order chi connectivity index (χ0) is 31.0. The molecule has 0 aliphatic heterocycles. The van der Waals surface area contributed by atoms with Crippen LogP contribution in [0.4, 0.5) is 0 Å². The second kappa shape index (κ2) is 13.8. The molecule has 6 aromatic rings. The number of nitrogens with zero attached hydrogens (tertiary/aromatic N) is 5. The maximum Gasteiger partial charge on any atom is 0.263 e. The Morgan fingerprint density at radius 1 is 0.889 bits per heavy atom. The zero-order valence-corrected chi connectivity index (χ0v) is 25.3. The summed E-state index contributed by atoms with van der Waals surface area (Å²) in [5, 5.41) is 12.9. The van der Waals surface area contributed by atoms with E-state index in [4.69, 9.17) is 32.6 Å². The van der Waals surface area contributed by atoms with Crippen molar-refractivity contribution in [1.82, 2.24) is 25.0 Å². The third kappa shape index (κ3) is 7.32. The molecule has 230 valence electrons. The number of benzene rings is 2. The lowest BCUT2D eigenvalue weighted by Gasteiger charge is -2.12. The van der Waals surface area contributed by atoms with Gasteiger partial charge in [0.05, 0.1) is 25.5 Å². The first-order valence-corrected chi connectivity index (χ1v) is 14.6.